The van der Waals surface area contributed by atoms with Gasteiger partial charge in [-0.3, -0.25) is 0 Å². The van der Waals surface area contributed by atoms with E-state index in [1.54, 1.807) is 0 Å². The Labute approximate surface area is 101 Å². The van der Waals surface area contributed by atoms with Crippen LogP contribution in [0.2, 0.25) is 0 Å². The lowest BCUT2D eigenvalue weighted by atomic mass is 9.94. The molecule has 1 N–H and O–H groups in total. The van der Waals surface area contributed by atoms with Gasteiger partial charge in [0, 0.05) is 18.6 Å². The molecule has 0 radical (unpaired) electrons. The minimum Gasteiger partial charge on any atom is -0.314 e. The highest BCUT2D eigenvalue weighted by atomic mass is 15.2. The van der Waals surface area contributed by atoms with Crippen LogP contribution in [0.25, 0.3) is 0 Å². The summed E-state index contributed by atoms with van der Waals surface area (Å²) in [6.07, 6.45) is 8.47. The van der Waals surface area contributed by atoms with Gasteiger partial charge >= 0.3 is 0 Å². The highest BCUT2D eigenvalue weighted by Gasteiger charge is 2.28. The van der Waals surface area contributed by atoms with E-state index >= 15 is 0 Å². The Hall–Kier alpha value is -0.0800. The van der Waals surface area contributed by atoms with Crippen LogP contribution in [0, 0.1) is 5.92 Å². The Morgan fingerprint density at radius 2 is 2.12 bits per heavy atom. The van der Waals surface area contributed by atoms with Crippen LogP contribution in [0.5, 0.6) is 0 Å². The minimum atomic E-state index is 0.740. The molecule has 0 amide bonds. The van der Waals surface area contributed by atoms with Gasteiger partial charge in [0.05, 0.1) is 0 Å². The number of likely N-dealkylation sites (tertiary alicyclic amines) is 1. The summed E-state index contributed by atoms with van der Waals surface area (Å²) < 4.78 is 0. The zero-order valence-corrected chi connectivity index (χ0v) is 11.0. The van der Waals surface area contributed by atoms with Crippen molar-refractivity contribution in [3.63, 3.8) is 0 Å². The van der Waals surface area contributed by atoms with Crippen LogP contribution in [0.15, 0.2) is 0 Å². The van der Waals surface area contributed by atoms with Crippen LogP contribution in [0.3, 0.4) is 0 Å². The van der Waals surface area contributed by atoms with E-state index in [4.69, 9.17) is 0 Å². The molecule has 2 heteroatoms. The van der Waals surface area contributed by atoms with Crippen LogP contribution in [-0.4, -0.2) is 36.6 Å². The Morgan fingerprint density at radius 3 is 2.81 bits per heavy atom. The maximum absolute atomic E-state index is 3.58. The van der Waals surface area contributed by atoms with E-state index in [2.05, 4.69) is 24.1 Å². The third kappa shape index (κ3) is 2.98. The van der Waals surface area contributed by atoms with E-state index in [1.807, 2.05) is 0 Å². The van der Waals surface area contributed by atoms with E-state index in [-0.39, 0.29) is 0 Å². The lowest BCUT2D eigenvalue weighted by molar-refractivity contribution is 0.115. The van der Waals surface area contributed by atoms with Crippen LogP contribution in [0.1, 0.15) is 52.4 Å². The Bertz CT molecular complexity index is 203. The van der Waals surface area contributed by atoms with Gasteiger partial charge in [-0.1, -0.05) is 19.8 Å². The van der Waals surface area contributed by atoms with E-state index in [1.165, 1.54) is 58.2 Å². The average molecular weight is 224 g/mol. The summed E-state index contributed by atoms with van der Waals surface area (Å²) in [4.78, 5) is 2.79. The first kappa shape index (κ1) is 12.4. The Balaban J connectivity index is 1.85. The van der Waals surface area contributed by atoms with Crippen molar-refractivity contribution in [1.82, 2.24) is 10.2 Å². The minimum absolute atomic E-state index is 0.740. The van der Waals surface area contributed by atoms with Crippen molar-refractivity contribution >= 4 is 0 Å². The molecule has 2 nitrogen and oxygen atoms in total. The molecule has 0 spiro atoms. The molecule has 0 aromatic carbocycles. The summed E-state index contributed by atoms with van der Waals surface area (Å²) >= 11 is 0. The topological polar surface area (TPSA) is 15.3 Å². The molecule has 16 heavy (non-hydrogen) atoms. The summed E-state index contributed by atoms with van der Waals surface area (Å²) in [5, 5.41) is 3.58. The summed E-state index contributed by atoms with van der Waals surface area (Å²) in [6, 6.07) is 1.63. The maximum atomic E-state index is 3.58. The maximum Gasteiger partial charge on any atom is 0.00952 e. The van der Waals surface area contributed by atoms with Crippen LogP contribution >= 0.6 is 0 Å². The molecule has 0 aromatic heterocycles. The van der Waals surface area contributed by atoms with Gasteiger partial charge in [0.15, 0.2) is 0 Å². The fraction of sp³-hybridized carbons (Fsp3) is 1.00. The van der Waals surface area contributed by atoms with Crippen molar-refractivity contribution in [3.8, 4) is 0 Å². The number of piperidine rings is 1. The molecule has 3 atom stereocenters. The van der Waals surface area contributed by atoms with Gasteiger partial charge in [-0.05, 0) is 51.6 Å². The van der Waals surface area contributed by atoms with Crippen molar-refractivity contribution < 1.29 is 0 Å². The molecule has 0 saturated carbocycles. The first-order chi connectivity index (χ1) is 7.81. The monoisotopic (exact) mass is 224 g/mol. The van der Waals surface area contributed by atoms with Crippen molar-refractivity contribution in [3.05, 3.63) is 0 Å². The molecule has 94 valence electrons. The Morgan fingerprint density at radius 1 is 1.25 bits per heavy atom. The number of nitrogens with zero attached hydrogens (tertiary/aromatic N) is 1. The Kier molecular flexibility index (Phi) is 4.66. The van der Waals surface area contributed by atoms with Gasteiger partial charge in [-0.2, -0.15) is 0 Å². The average Bonchev–Trinajstić information content (AvgIpc) is 2.68. The fourth-order valence-electron chi connectivity index (χ4n) is 3.42. The van der Waals surface area contributed by atoms with E-state index in [9.17, 15) is 0 Å². The standard InChI is InChI=1S/C14H28N2/c1-3-6-14-7-4-5-10-16(14)11-13-8-9-15-12(13)2/h12-15H,3-11H2,1-2H3. The van der Waals surface area contributed by atoms with Gasteiger partial charge < -0.3 is 10.2 Å². The second kappa shape index (κ2) is 6.02. The number of nitrogens with one attached hydrogen (secondary N) is 1. The number of hydrogen-bond donors (Lipinski definition) is 1. The van der Waals surface area contributed by atoms with Gasteiger partial charge in [-0.15, -0.1) is 0 Å². The van der Waals surface area contributed by atoms with E-state index in [0.717, 1.165) is 18.0 Å². The summed E-state index contributed by atoms with van der Waals surface area (Å²) in [5.41, 5.74) is 0. The van der Waals surface area contributed by atoms with Crippen molar-refractivity contribution in [2.75, 3.05) is 19.6 Å². The lowest BCUT2D eigenvalue weighted by Gasteiger charge is -2.38. The molecule has 0 bridgehead atoms. The van der Waals surface area contributed by atoms with Crippen LogP contribution in [0.4, 0.5) is 0 Å². The zero-order chi connectivity index (χ0) is 11.4. The summed E-state index contributed by atoms with van der Waals surface area (Å²) in [5.74, 6) is 0.900. The molecule has 0 aromatic rings. The number of rotatable bonds is 4. The zero-order valence-electron chi connectivity index (χ0n) is 11.0. The largest absolute Gasteiger partial charge is 0.314 e. The SMILES string of the molecule is CCCC1CCCCN1CC1CCNC1C. The third-order valence-electron chi connectivity index (χ3n) is 4.53. The summed E-state index contributed by atoms with van der Waals surface area (Å²) in [7, 11) is 0. The molecular formula is C14H28N2. The van der Waals surface area contributed by atoms with Crippen molar-refractivity contribution in [2.24, 2.45) is 5.92 Å². The van der Waals surface area contributed by atoms with Crippen LogP contribution in [-0.2, 0) is 0 Å². The molecule has 2 fully saturated rings. The van der Waals surface area contributed by atoms with Gasteiger partial charge in [0.25, 0.3) is 0 Å². The second-order valence-corrected chi connectivity index (χ2v) is 5.72. The fourth-order valence-corrected chi connectivity index (χ4v) is 3.42. The quantitative estimate of drug-likeness (QED) is 0.790. The molecule has 2 saturated heterocycles. The first-order valence-corrected chi connectivity index (χ1v) is 7.28. The smallest absolute Gasteiger partial charge is 0.00952 e. The number of hydrogen-bond acceptors (Lipinski definition) is 2. The third-order valence-corrected chi connectivity index (χ3v) is 4.53. The second-order valence-electron chi connectivity index (χ2n) is 5.72. The van der Waals surface area contributed by atoms with Gasteiger partial charge in [0.1, 0.15) is 0 Å². The highest BCUT2D eigenvalue weighted by Crippen LogP contribution is 2.25. The first-order valence-electron chi connectivity index (χ1n) is 7.28. The van der Waals surface area contributed by atoms with Crippen molar-refractivity contribution in [1.29, 1.82) is 0 Å². The van der Waals surface area contributed by atoms with E-state index < -0.39 is 0 Å². The van der Waals surface area contributed by atoms with Crippen LogP contribution < -0.4 is 5.32 Å². The predicted octanol–water partition coefficient (Wildman–Crippen LogP) is 2.64. The van der Waals surface area contributed by atoms with Gasteiger partial charge in [-0.25, -0.2) is 0 Å². The normalized spacial score (nSPS) is 36.8. The molecule has 2 rings (SSSR count). The highest BCUT2D eigenvalue weighted by molar-refractivity contribution is 4.86. The molecule has 2 aliphatic rings. The lowest BCUT2D eigenvalue weighted by Crippen LogP contribution is -2.43. The molecule has 0 aliphatic carbocycles. The van der Waals surface area contributed by atoms with E-state index in [0.29, 0.717) is 0 Å². The molecular weight excluding hydrogens is 196 g/mol. The van der Waals surface area contributed by atoms with Gasteiger partial charge in [0.2, 0.25) is 0 Å². The molecule has 3 unspecified atom stereocenters. The summed E-state index contributed by atoms with van der Waals surface area (Å²) in [6.45, 7) is 8.62. The predicted molar refractivity (Wildman–Crippen MR) is 69.7 cm³/mol. The molecule has 2 heterocycles. The van der Waals surface area contributed by atoms with Crippen molar-refractivity contribution in [2.45, 2.75) is 64.5 Å². The molecule has 2 aliphatic heterocycles.